The Bertz CT molecular complexity index is 526. The van der Waals surface area contributed by atoms with Gasteiger partial charge in [-0.15, -0.1) is 0 Å². The lowest BCUT2D eigenvalue weighted by atomic mass is 9.86. The molecule has 1 heterocycles. The van der Waals surface area contributed by atoms with Crippen molar-refractivity contribution in [2.24, 2.45) is 0 Å². The van der Waals surface area contributed by atoms with E-state index in [-0.39, 0.29) is 11.3 Å². The van der Waals surface area contributed by atoms with Gasteiger partial charge in [-0.1, -0.05) is 39.0 Å². The molecule has 4 nitrogen and oxygen atoms in total. The minimum atomic E-state index is -0.862. The van der Waals surface area contributed by atoms with E-state index >= 15 is 0 Å². The predicted molar refractivity (Wildman–Crippen MR) is 89.3 cm³/mol. The number of piperazine rings is 1. The molecule has 0 bridgehead atoms. The molecule has 0 aliphatic carbocycles. The third kappa shape index (κ3) is 3.80. The van der Waals surface area contributed by atoms with E-state index in [2.05, 4.69) is 32.2 Å². The van der Waals surface area contributed by atoms with Crippen molar-refractivity contribution in [3.05, 3.63) is 29.8 Å². The van der Waals surface area contributed by atoms with Gasteiger partial charge in [0.25, 0.3) is 5.91 Å². The summed E-state index contributed by atoms with van der Waals surface area (Å²) >= 11 is 0. The van der Waals surface area contributed by atoms with Crippen LogP contribution in [0.3, 0.4) is 0 Å². The van der Waals surface area contributed by atoms with Gasteiger partial charge in [0, 0.05) is 26.2 Å². The van der Waals surface area contributed by atoms with Gasteiger partial charge < -0.3 is 15.0 Å². The molecule has 1 fully saturated rings. The molecule has 0 saturated carbocycles. The summed E-state index contributed by atoms with van der Waals surface area (Å²) in [4.78, 5) is 14.6. The van der Waals surface area contributed by atoms with Gasteiger partial charge in [-0.05, 0) is 30.9 Å². The third-order valence-electron chi connectivity index (χ3n) is 3.98. The summed E-state index contributed by atoms with van der Waals surface area (Å²) in [6.07, 6.45) is 0. The van der Waals surface area contributed by atoms with Crippen molar-refractivity contribution in [2.75, 3.05) is 26.2 Å². The summed E-state index contributed by atoms with van der Waals surface area (Å²) in [6, 6.07) is 7.99. The number of benzene rings is 1. The van der Waals surface area contributed by atoms with Crippen molar-refractivity contribution < 1.29 is 9.53 Å². The van der Waals surface area contributed by atoms with Gasteiger partial charge in [-0.25, -0.2) is 0 Å². The molecule has 2 rings (SSSR count). The van der Waals surface area contributed by atoms with Gasteiger partial charge in [0.2, 0.25) is 0 Å². The van der Waals surface area contributed by atoms with E-state index in [0.29, 0.717) is 0 Å². The molecule has 4 heteroatoms. The lowest BCUT2D eigenvalue weighted by Gasteiger charge is -2.36. The van der Waals surface area contributed by atoms with Crippen LogP contribution in [0.25, 0.3) is 0 Å². The number of para-hydroxylation sites is 1. The minimum absolute atomic E-state index is 0.0231. The van der Waals surface area contributed by atoms with Gasteiger partial charge in [0.15, 0.2) is 5.60 Å². The predicted octanol–water partition coefficient (Wildman–Crippen LogP) is 2.57. The second kappa shape index (κ2) is 6.29. The Kier molecular flexibility index (Phi) is 4.81. The number of amides is 1. The van der Waals surface area contributed by atoms with E-state index < -0.39 is 5.60 Å². The molecule has 0 radical (unpaired) electrons. The molecule has 0 spiro atoms. The standard InChI is InChI=1S/C18H28N2O2/c1-17(2,3)14-8-6-7-9-15(14)22-18(4,5)16(21)20-12-10-19-11-13-20/h6-9,19H,10-13H2,1-5H3. The van der Waals surface area contributed by atoms with Crippen molar-refractivity contribution in [3.63, 3.8) is 0 Å². The fraction of sp³-hybridized carbons (Fsp3) is 0.611. The van der Waals surface area contributed by atoms with Crippen molar-refractivity contribution >= 4 is 5.91 Å². The molecule has 1 aliphatic rings. The first-order valence-electron chi connectivity index (χ1n) is 8.00. The van der Waals surface area contributed by atoms with Gasteiger partial charge in [-0.3, -0.25) is 4.79 Å². The summed E-state index contributed by atoms with van der Waals surface area (Å²) in [6.45, 7) is 13.4. The highest BCUT2D eigenvalue weighted by Gasteiger charge is 2.35. The van der Waals surface area contributed by atoms with E-state index in [9.17, 15) is 4.79 Å². The minimum Gasteiger partial charge on any atom is -0.478 e. The topological polar surface area (TPSA) is 41.6 Å². The molecular weight excluding hydrogens is 276 g/mol. The zero-order chi connectivity index (χ0) is 16.4. The van der Waals surface area contributed by atoms with Crippen LogP contribution in [0.4, 0.5) is 0 Å². The maximum absolute atomic E-state index is 12.8. The van der Waals surface area contributed by atoms with Crippen LogP contribution in [0, 0.1) is 0 Å². The van der Waals surface area contributed by atoms with Crippen molar-refractivity contribution in [2.45, 2.75) is 45.6 Å². The normalized spacial score (nSPS) is 16.5. The number of nitrogens with one attached hydrogen (secondary N) is 1. The van der Waals surface area contributed by atoms with Crippen LogP contribution < -0.4 is 10.1 Å². The maximum Gasteiger partial charge on any atom is 0.266 e. The lowest BCUT2D eigenvalue weighted by molar-refractivity contribution is -0.146. The highest BCUT2D eigenvalue weighted by molar-refractivity contribution is 5.85. The molecule has 0 unspecified atom stereocenters. The number of nitrogens with zero attached hydrogens (tertiary/aromatic N) is 1. The average Bonchev–Trinajstić information content (AvgIpc) is 2.46. The van der Waals surface area contributed by atoms with Gasteiger partial charge in [0.05, 0.1) is 0 Å². The molecule has 1 aliphatic heterocycles. The summed E-state index contributed by atoms with van der Waals surface area (Å²) < 4.78 is 6.16. The molecule has 0 aromatic heterocycles. The van der Waals surface area contributed by atoms with E-state index in [0.717, 1.165) is 37.5 Å². The van der Waals surface area contributed by atoms with E-state index in [4.69, 9.17) is 4.74 Å². The molecule has 1 amide bonds. The Morgan fingerprint density at radius 3 is 2.27 bits per heavy atom. The van der Waals surface area contributed by atoms with Crippen LogP contribution in [0.15, 0.2) is 24.3 Å². The zero-order valence-electron chi connectivity index (χ0n) is 14.4. The van der Waals surface area contributed by atoms with Crippen LogP contribution >= 0.6 is 0 Å². The second-order valence-corrected chi connectivity index (χ2v) is 7.40. The first-order chi connectivity index (χ1) is 10.2. The summed E-state index contributed by atoms with van der Waals surface area (Å²) in [7, 11) is 0. The van der Waals surface area contributed by atoms with Crippen molar-refractivity contribution in [1.82, 2.24) is 10.2 Å². The molecule has 0 atom stereocenters. The van der Waals surface area contributed by atoms with Gasteiger partial charge in [0.1, 0.15) is 5.75 Å². The Hall–Kier alpha value is -1.55. The van der Waals surface area contributed by atoms with E-state index in [1.165, 1.54) is 0 Å². The number of carbonyl (C=O) groups excluding carboxylic acids is 1. The highest BCUT2D eigenvalue weighted by Crippen LogP contribution is 2.33. The van der Waals surface area contributed by atoms with E-state index in [1.807, 2.05) is 36.9 Å². The Labute approximate surface area is 133 Å². The van der Waals surface area contributed by atoms with Crippen molar-refractivity contribution in [3.8, 4) is 5.75 Å². The third-order valence-corrected chi connectivity index (χ3v) is 3.98. The SMILES string of the molecule is CC(C)(Oc1ccccc1C(C)(C)C)C(=O)N1CCNCC1. The molecule has 22 heavy (non-hydrogen) atoms. The Balaban J connectivity index is 2.20. The molecular formula is C18H28N2O2. The summed E-state index contributed by atoms with van der Waals surface area (Å²) in [5.41, 5.74) is 0.236. The fourth-order valence-corrected chi connectivity index (χ4v) is 2.74. The molecule has 1 aromatic rings. The van der Waals surface area contributed by atoms with Crippen LogP contribution in [0.2, 0.25) is 0 Å². The molecule has 1 aromatic carbocycles. The second-order valence-electron chi connectivity index (χ2n) is 7.40. The van der Waals surface area contributed by atoms with Crippen molar-refractivity contribution in [1.29, 1.82) is 0 Å². The maximum atomic E-state index is 12.8. The number of carbonyl (C=O) groups is 1. The van der Waals surface area contributed by atoms with Gasteiger partial charge >= 0.3 is 0 Å². The fourth-order valence-electron chi connectivity index (χ4n) is 2.74. The number of hydrogen-bond donors (Lipinski definition) is 1. The first kappa shape index (κ1) is 16.8. The number of ether oxygens (including phenoxy) is 1. The largest absolute Gasteiger partial charge is 0.478 e. The number of rotatable bonds is 3. The Morgan fingerprint density at radius 2 is 1.68 bits per heavy atom. The lowest BCUT2D eigenvalue weighted by Crippen LogP contribution is -2.54. The molecule has 1 saturated heterocycles. The van der Waals surface area contributed by atoms with Gasteiger partial charge in [-0.2, -0.15) is 0 Å². The summed E-state index contributed by atoms with van der Waals surface area (Å²) in [5.74, 6) is 0.848. The van der Waals surface area contributed by atoms with Crippen LogP contribution in [-0.4, -0.2) is 42.6 Å². The highest BCUT2D eigenvalue weighted by atomic mass is 16.5. The van der Waals surface area contributed by atoms with Crippen LogP contribution in [0.1, 0.15) is 40.2 Å². The monoisotopic (exact) mass is 304 g/mol. The molecule has 122 valence electrons. The van der Waals surface area contributed by atoms with Crippen LogP contribution in [0.5, 0.6) is 5.75 Å². The average molecular weight is 304 g/mol. The zero-order valence-corrected chi connectivity index (χ0v) is 14.4. The quantitative estimate of drug-likeness (QED) is 0.933. The van der Waals surface area contributed by atoms with Crippen LogP contribution in [-0.2, 0) is 10.2 Å². The first-order valence-corrected chi connectivity index (χ1v) is 8.00. The van der Waals surface area contributed by atoms with E-state index in [1.54, 1.807) is 0 Å². The molecule has 1 N–H and O–H groups in total. The Morgan fingerprint density at radius 1 is 1.09 bits per heavy atom. The smallest absolute Gasteiger partial charge is 0.266 e. The number of hydrogen-bond acceptors (Lipinski definition) is 3. The summed E-state index contributed by atoms with van der Waals surface area (Å²) in [5, 5.41) is 3.27.